The molecule has 25 nitrogen and oxygen atoms in total. The minimum Gasteiger partial charge on any atom is -0.444 e. The number of nitrogens with zero attached hydrogens (tertiary/aromatic N) is 5. The summed E-state index contributed by atoms with van der Waals surface area (Å²) in [6.45, 7) is 9.23. The van der Waals surface area contributed by atoms with Gasteiger partial charge in [-0.2, -0.15) is 0 Å². The monoisotopic (exact) mass is 1190 g/mol. The van der Waals surface area contributed by atoms with Crippen molar-refractivity contribution in [1.29, 1.82) is 0 Å². The molecule has 0 aliphatic carbocycles. The third-order valence-electron chi connectivity index (χ3n) is 16.1. The molecule has 11 amide bonds. The summed E-state index contributed by atoms with van der Waals surface area (Å²) in [5, 5.41) is 19.0. The molecule has 0 saturated carbocycles. The van der Waals surface area contributed by atoms with Crippen LogP contribution in [0.4, 0.5) is 31.4 Å². The Hall–Kier alpha value is -9.36. The molecule has 9 N–H and O–H groups in total. The molecular weight excluding hydrogens is 1120 g/mol. The molecule has 5 heterocycles. The number of carbonyl (C=O) groups excluding carboxylic acids is 10. The molecule has 1 fully saturated rings. The van der Waals surface area contributed by atoms with Crippen molar-refractivity contribution in [3.8, 4) is 5.75 Å². The number of aromatic amines is 1. The Balaban J connectivity index is 0.771. The summed E-state index contributed by atoms with van der Waals surface area (Å²) in [5.74, 6) is -2.77. The van der Waals surface area contributed by atoms with Gasteiger partial charge in [0.2, 0.25) is 23.6 Å². The van der Waals surface area contributed by atoms with Gasteiger partial charge in [0, 0.05) is 118 Å². The summed E-state index contributed by atoms with van der Waals surface area (Å²) in [7, 11) is 2.02. The molecule has 9 rings (SSSR count). The Morgan fingerprint density at radius 3 is 2.16 bits per heavy atom. The first-order valence-electron chi connectivity index (χ1n) is 29.5. The van der Waals surface area contributed by atoms with Crippen LogP contribution in [0.3, 0.4) is 0 Å². The number of piperazine rings is 1. The smallest absolute Gasteiger partial charge is 0.415 e. The van der Waals surface area contributed by atoms with E-state index in [1.165, 1.54) is 12.2 Å². The Bertz CT molecular complexity index is 3470. The van der Waals surface area contributed by atoms with Gasteiger partial charge in [-0.25, -0.2) is 14.4 Å². The molecule has 5 aromatic rings. The number of nitrogens with two attached hydrogens (primary N) is 1. The van der Waals surface area contributed by atoms with Gasteiger partial charge in [0.1, 0.15) is 24.1 Å². The minimum atomic E-state index is -1.07. The van der Waals surface area contributed by atoms with E-state index in [-0.39, 0.29) is 88.7 Å². The maximum Gasteiger partial charge on any atom is 0.415 e. The van der Waals surface area contributed by atoms with Crippen LogP contribution in [0, 0.1) is 5.92 Å². The molecule has 0 spiro atoms. The summed E-state index contributed by atoms with van der Waals surface area (Å²) in [5.41, 5.74) is 10.7. The molecule has 1 saturated heterocycles. The van der Waals surface area contributed by atoms with Crippen LogP contribution in [-0.4, -0.2) is 170 Å². The topological polar surface area (TPSA) is 319 Å². The molecule has 0 unspecified atom stereocenters. The van der Waals surface area contributed by atoms with E-state index in [2.05, 4.69) is 48.7 Å². The number of primary amides is 1. The third kappa shape index (κ3) is 15.0. The van der Waals surface area contributed by atoms with Crippen LogP contribution in [0.2, 0.25) is 0 Å². The van der Waals surface area contributed by atoms with Gasteiger partial charge in [-0.05, 0) is 97.5 Å². The van der Waals surface area contributed by atoms with Crippen molar-refractivity contribution in [3.05, 3.63) is 107 Å². The Morgan fingerprint density at radius 1 is 0.747 bits per heavy atom. The van der Waals surface area contributed by atoms with Crippen LogP contribution < -0.4 is 52.2 Å². The molecule has 460 valence electrons. The zero-order valence-corrected chi connectivity index (χ0v) is 49.3. The van der Waals surface area contributed by atoms with Gasteiger partial charge in [-0.1, -0.05) is 57.2 Å². The first kappa shape index (κ1) is 62.2. The summed E-state index contributed by atoms with van der Waals surface area (Å²) >= 11 is 0. The van der Waals surface area contributed by atoms with Crippen molar-refractivity contribution in [2.75, 3.05) is 94.2 Å². The highest BCUT2D eigenvalue weighted by atomic mass is 16.6. The van der Waals surface area contributed by atoms with Crippen LogP contribution in [0.1, 0.15) is 86.0 Å². The lowest BCUT2D eigenvalue weighted by atomic mass is 9.93. The maximum atomic E-state index is 14.7. The average molecular weight is 1190 g/mol. The third-order valence-corrected chi connectivity index (χ3v) is 16.1. The van der Waals surface area contributed by atoms with E-state index in [1.807, 2.05) is 55.6 Å². The van der Waals surface area contributed by atoms with Crippen molar-refractivity contribution in [2.24, 2.45) is 11.7 Å². The van der Waals surface area contributed by atoms with E-state index in [9.17, 15) is 47.9 Å². The van der Waals surface area contributed by atoms with Crippen molar-refractivity contribution in [2.45, 2.75) is 83.9 Å². The number of ether oxygens (including phenoxy) is 2. The number of likely N-dealkylation sites (N-methyl/N-ethyl adjacent to an activating group) is 1. The number of urea groups is 1. The van der Waals surface area contributed by atoms with E-state index in [4.69, 9.17) is 15.2 Å². The Morgan fingerprint density at radius 2 is 1.46 bits per heavy atom. The number of anilines is 3. The number of amides is 11. The fraction of sp³-hybridized carbons (Fsp3) is 0.419. The van der Waals surface area contributed by atoms with Gasteiger partial charge in [0.15, 0.2) is 0 Å². The fourth-order valence-corrected chi connectivity index (χ4v) is 11.4. The van der Waals surface area contributed by atoms with Crippen molar-refractivity contribution < 1.29 is 57.4 Å². The quantitative estimate of drug-likeness (QED) is 0.0315. The van der Waals surface area contributed by atoms with Crippen molar-refractivity contribution in [1.82, 2.24) is 46.3 Å². The first-order valence-corrected chi connectivity index (χ1v) is 29.5. The second-order valence-corrected chi connectivity index (χ2v) is 22.4. The first-order chi connectivity index (χ1) is 41.9. The number of fused-ring (bicyclic) bond motifs is 6. The molecule has 4 aliphatic rings. The highest BCUT2D eigenvalue weighted by Gasteiger charge is 2.37. The largest absolute Gasteiger partial charge is 0.444 e. The minimum absolute atomic E-state index is 0.0544. The van der Waals surface area contributed by atoms with E-state index in [1.54, 1.807) is 52.8 Å². The van der Waals surface area contributed by atoms with Crippen LogP contribution >= 0.6 is 0 Å². The van der Waals surface area contributed by atoms with Crippen LogP contribution in [0.5, 0.6) is 5.75 Å². The zero-order chi connectivity index (χ0) is 61.9. The molecule has 4 aromatic carbocycles. The zero-order valence-electron chi connectivity index (χ0n) is 49.3. The standard InChI is InChI=1S/C62H75N13O12/c1-5-39-35-75(49-33-50(42-10-6-7-11-43(42)55(39)49)87-61(84)72-30-28-71(4)29-31-72)59(82)47-32-44-41-22-27-73(48(41)19-18-45(44)69-47)62(85)86-36-38-14-16-40(17-15-38)68-57(80)46(12-8-23-66-60(63)83)70-58(81)56(37(2)3)67-34-52(77)65-25-24-64-51(76)13-9-26-74-53(78)20-21-54(74)79/h6-7,10-11,14-21,32-33,37,39,46,56,67,69H,5,8-9,12-13,22-31,34-36H2,1-4H3,(H,64,76)(H,65,77)(H,68,80)(H,70,81)(H3,63,66,83)/t39-,46+,56+/m1/s1. The number of carbonyl (C=O) groups is 10. The molecule has 0 bridgehead atoms. The lowest BCUT2D eigenvalue weighted by Gasteiger charge is -2.31. The predicted octanol–water partition coefficient (Wildman–Crippen LogP) is 4.34. The number of hydrogen-bond acceptors (Lipinski definition) is 14. The van der Waals surface area contributed by atoms with Gasteiger partial charge in [-0.3, -0.25) is 48.7 Å². The molecule has 0 radical (unpaired) electrons. The Kier molecular flexibility index (Phi) is 20.2. The fourth-order valence-electron chi connectivity index (χ4n) is 11.4. The van der Waals surface area contributed by atoms with Gasteiger partial charge >= 0.3 is 18.2 Å². The second kappa shape index (κ2) is 28.2. The van der Waals surface area contributed by atoms with Crippen molar-refractivity contribution in [3.63, 3.8) is 0 Å². The molecule has 87 heavy (non-hydrogen) atoms. The van der Waals surface area contributed by atoms with Crippen LogP contribution in [-0.2, 0) is 46.5 Å². The number of nitrogens with one attached hydrogen (secondary N) is 7. The van der Waals surface area contributed by atoms with Gasteiger partial charge in [-0.15, -0.1) is 0 Å². The number of hydrogen-bond donors (Lipinski definition) is 8. The highest BCUT2D eigenvalue weighted by Crippen LogP contribution is 2.47. The summed E-state index contributed by atoms with van der Waals surface area (Å²) < 4.78 is 11.9. The van der Waals surface area contributed by atoms with Gasteiger partial charge < -0.3 is 61.5 Å². The summed E-state index contributed by atoms with van der Waals surface area (Å²) in [6, 6.07) is 19.2. The van der Waals surface area contributed by atoms with Gasteiger partial charge in [0.25, 0.3) is 17.7 Å². The predicted molar refractivity (Wildman–Crippen MR) is 325 cm³/mol. The van der Waals surface area contributed by atoms with Crippen LogP contribution in [0.15, 0.2) is 84.9 Å². The number of benzene rings is 4. The average Bonchev–Trinajstić information content (AvgIpc) is 1.69. The SMILES string of the molecule is CC[C@@H]1CN(C(=O)c2cc3c4c(ccc3[nH]2)N(C(=O)OCc2ccc(NC(=O)[C@H](CCCNC(N)=O)NC(=O)[C@@H](NCC(=O)NCCNC(=O)CCCN3C(=O)C=CC3=O)C(C)C)cc2)CC4)c2cc(OC(=O)N3CCN(C)CC3)c3ccccc3c21. The molecule has 3 atom stereocenters. The molecule has 4 aliphatic heterocycles. The number of rotatable bonds is 24. The molecule has 25 heteroatoms. The Labute approximate surface area is 503 Å². The number of aromatic nitrogens is 1. The van der Waals surface area contributed by atoms with E-state index in [0.29, 0.717) is 66.7 Å². The van der Waals surface area contributed by atoms with E-state index < -0.39 is 59.8 Å². The van der Waals surface area contributed by atoms with Gasteiger partial charge in [0.05, 0.1) is 24.0 Å². The summed E-state index contributed by atoms with van der Waals surface area (Å²) in [4.78, 5) is 141. The van der Waals surface area contributed by atoms with E-state index >= 15 is 0 Å². The lowest BCUT2D eigenvalue weighted by molar-refractivity contribution is -0.137. The number of imide groups is 1. The van der Waals surface area contributed by atoms with Crippen LogP contribution in [0.25, 0.3) is 21.7 Å². The normalized spacial score (nSPS) is 16.2. The maximum absolute atomic E-state index is 14.7. The van der Waals surface area contributed by atoms with Crippen molar-refractivity contribution >= 4 is 98.3 Å². The lowest BCUT2D eigenvalue weighted by Crippen LogP contribution is -2.55. The highest BCUT2D eigenvalue weighted by molar-refractivity contribution is 6.13. The summed E-state index contributed by atoms with van der Waals surface area (Å²) in [6.07, 6.45) is 3.46. The van der Waals surface area contributed by atoms with E-state index in [0.717, 1.165) is 57.2 Å². The second-order valence-electron chi connectivity index (χ2n) is 22.4. The number of H-pyrrole nitrogens is 1. The molecule has 1 aromatic heterocycles. The molecular formula is C62H75N13O12.